The van der Waals surface area contributed by atoms with Crippen molar-refractivity contribution in [2.24, 2.45) is 11.8 Å². The number of likely N-dealkylation sites (tertiary alicyclic amines) is 1. The molecule has 0 N–H and O–H groups in total. The smallest absolute Gasteiger partial charge is 0.0738 e. The molecule has 0 aromatic carbocycles. The fourth-order valence-corrected chi connectivity index (χ4v) is 3.35. The molecule has 2 atom stereocenters. The van der Waals surface area contributed by atoms with Crippen LogP contribution in [0.25, 0.3) is 0 Å². The maximum Gasteiger partial charge on any atom is 0.0738 e. The zero-order valence-corrected chi connectivity index (χ0v) is 8.46. The van der Waals surface area contributed by atoms with Gasteiger partial charge in [-0.3, -0.25) is 0 Å². The zero-order chi connectivity index (χ0) is 8.89. The Hall–Kier alpha value is -0.0800. The molecule has 3 aliphatic rings. The van der Waals surface area contributed by atoms with Gasteiger partial charge < -0.3 is 9.64 Å². The lowest BCUT2D eigenvalue weighted by Gasteiger charge is -2.45. The van der Waals surface area contributed by atoms with Crippen LogP contribution < -0.4 is 0 Å². The van der Waals surface area contributed by atoms with Crippen molar-refractivity contribution in [2.75, 3.05) is 26.7 Å². The Morgan fingerprint density at radius 1 is 1.23 bits per heavy atom. The Bertz CT molecular complexity index is 208. The van der Waals surface area contributed by atoms with E-state index < -0.39 is 0 Å². The second-order valence-corrected chi connectivity index (χ2v) is 5.12. The van der Waals surface area contributed by atoms with Crippen LogP contribution >= 0.6 is 0 Å². The highest BCUT2D eigenvalue weighted by molar-refractivity contribution is 5.04. The Kier molecular flexibility index (Phi) is 1.72. The lowest BCUT2D eigenvalue weighted by molar-refractivity contribution is -0.0682. The van der Waals surface area contributed by atoms with Crippen LogP contribution in [0, 0.1) is 11.8 Å². The van der Waals surface area contributed by atoms with Gasteiger partial charge in [0.1, 0.15) is 0 Å². The molecule has 0 radical (unpaired) electrons. The molecule has 3 rings (SSSR count). The quantitative estimate of drug-likeness (QED) is 0.561. The maximum atomic E-state index is 6.09. The second kappa shape index (κ2) is 2.71. The molecule has 3 fully saturated rings. The molecular weight excluding hydrogens is 162 g/mol. The number of rotatable bonds is 0. The summed E-state index contributed by atoms with van der Waals surface area (Å²) in [5, 5.41) is 0. The van der Waals surface area contributed by atoms with Crippen LogP contribution in [0.2, 0.25) is 0 Å². The van der Waals surface area contributed by atoms with Gasteiger partial charge in [0.05, 0.1) is 12.2 Å². The summed E-state index contributed by atoms with van der Waals surface area (Å²) in [7, 11) is 2.22. The Morgan fingerprint density at radius 2 is 2.00 bits per heavy atom. The number of piperidine rings is 1. The molecule has 2 saturated heterocycles. The van der Waals surface area contributed by atoms with Crippen molar-refractivity contribution < 1.29 is 4.74 Å². The Balaban J connectivity index is 1.75. The summed E-state index contributed by atoms with van der Waals surface area (Å²) in [4.78, 5) is 2.43. The van der Waals surface area contributed by atoms with E-state index >= 15 is 0 Å². The van der Waals surface area contributed by atoms with Crippen molar-refractivity contribution in [1.82, 2.24) is 4.90 Å². The summed E-state index contributed by atoms with van der Waals surface area (Å²) >= 11 is 0. The number of fused-ring (bicyclic) bond motifs is 2. The van der Waals surface area contributed by atoms with Gasteiger partial charge in [0.25, 0.3) is 0 Å². The molecule has 2 aliphatic heterocycles. The van der Waals surface area contributed by atoms with E-state index in [1.165, 1.54) is 38.8 Å². The van der Waals surface area contributed by atoms with Gasteiger partial charge in [-0.2, -0.15) is 0 Å². The highest BCUT2D eigenvalue weighted by Crippen LogP contribution is 2.53. The molecule has 1 spiro atoms. The third-order valence-electron chi connectivity index (χ3n) is 4.51. The minimum atomic E-state index is 0.329. The number of ether oxygens (including phenoxy) is 1. The van der Waals surface area contributed by atoms with Crippen molar-refractivity contribution in [3.05, 3.63) is 0 Å². The van der Waals surface area contributed by atoms with Crippen LogP contribution in [0.3, 0.4) is 0 Å². The van der Waals surface area contributed by atoms with Gasteiger partial charge in [-0.25, -0.2) is 0 Å². The van der Waals surface area contributed by atoms with Crippen molar-refractivity contribution in [3.8, 4) is 0 Å². The van der Waals surface area contributed by atoms with Gasteiger partial charge in [-0.1, -0.05) is 0 Å². The highest BCUT2D eigenvalue weighted by Gasteiger charge is 2.54. The van der Waals surface area contributed by atoms with Crippen LogP contribution in [0.1, 0.15) is 25.7 Å². The molecular formula is C11H19NO. The topological polar surface area (TPSA) is 12.5 Å². The van der Waals surface area contributed by atoms with Gasteiger partial charge >= 0.3 is 0 Å². The van der Waals surface area contributed by atoms with Crippen LogP contribution in [0.5, 0.6) is 0 Å². The molecule has 2 heterocycles. The maximum absolute atomic E-state index is 6.09. The number of hydrogen-bond donors (Lipinski definition) is 0. The third kappa shape index (κ3) is 1.08. The first-order valence-electron chi connectivity index (χ1n) is 5.63. The molecule has 2 nitrogen and oxygen atoms in total. The average molecular weight is 181 g/mol. The van der Waals surface area contributed by atoms with Crippen molar-refractivity contribution in [3.63, 3.8) is 0 Å². The molecule has 2 heteroatoms. The summed E-state index contributed by atoms with van der Waals surface area (Å²) in [6, 6.07) is 0. The summed E-state index contributed by atoms with van der Waals surface area (Å²) < 4.78 is 6.09. The first kappa shape index (κ1) is 8.25. The zero-order valence-electron chi connectivity index (χ0n) is 8.46. The Labute approximate surface area is 80.2 Å². The van der Waals surface area contributed by atoms with Crippen LogP contribution in [-0.4, -0.2) is 37.2 Å². The predicted molar refractivity (Wildman–Crippen MR) is 51.6 cm³/mol. The largest absolute Gasteiger partial charge is 0.374 e. The van der Waals surface area contributed by atoms with Crippen molar-refractivity contribution in [1.29, 1.82) is 0 Å². The number of hydrogen-bond acceptors (Lipinski definition) is 2. The summed E-state index contributed by atoms with van der Waals surface area (Å²) in [6.07, 6.45) is 5.44. The predicted octanol–water partition coefficient (Wildman–Crippen LogP) is 1.51. The lowest BCUT2D eigenvalue weighted by atomic mass is 9.64. The van der Waals surface area contributed by atoms with Gasteiger partial charge in [0, 0.05) is 13.1 Å². The van der Waals surface area contributed by atoms with E-state index in [0.29, 0.717) is 5.60 Å². The molecule has 74 valence electrons. The van der Waals surface area contributed by atoms with E-state index in [2.05, 4.69) is 11.9 Å². The van der Waals surface area contributed by atoms with Crippen molar-refractivity contribution in [2.45, 2.75) is 31.3 Å². The molecule has 0 aromatic rings. The third-order valence-corrected chi connectivity index (χ3v) is 4.51. The van der Waals surface area contributed by atoms with Gasteiger partial charge in [0.15, 0.2) is 0 Å². The highest BCUT2D eigenvalue weighted by atomic mass is 16.5. The SMILES string of the molecule is CN1CCC2(CC1)OCC1CCC12. The van der Waals surface area contributed by atoms with Crippen LogP contribution in [0.15, 0.2) is 0 Å². The van der Waals surface area contributed by atoms with E-state index in [0.717, 1.165) is 18.4 Å². The minimum Gasteiger partial charge on any atom is -0.374 e. The molecule has 0 amide bonds. The molecule has 13 heavy (non-hydrogen) atoms. The van der Waals surface area contributed by atoms with E-state index in [1.54, 1.807) is 0 Å². The fourth-order valence-electron chi connectivity index (χ4n) is 3.35. The fraction of sp³-hybridized carbons (Fsp3) is 1.00. The first-order valence-corrected chi connectivity index (χ1v) is 5.63. The monoisotopic (exact) mass is 181 g/mol. The minimum absolute atomic E-state index is 0.329. The van der Waals surface area contributed by atoms with E-state index in [9.17, 15) is 0 Å². The Morgan fingerprint density at radius 3 is 2.54 bits per heavy atom. The normalized spacial score (nSPS) is 43.2. The van der Waals surface area contributed by atoms with Crippen LogP contribution in [0.4, 0.5) is 0 Å². The summed E-state index contributed by atoms with van der Waals surface area (Å²) in [5.74, 6) is 1.87. The van der Waals surface area contributed by atoms with Gasteiger partial charge in [-0.05, 0) is 44.6 Å². The molecule has 2 unspecified atom stereocenters. The van der Waals surface area contributed by atoms with E-state index in [-0.39, 0.29) is 0 Å². The first-order chi connectivity index (χ1) is 6.30. The number of nitrogens with zero attached hydrogens (tertiary/aromatic N) is 1. The lowest BCUT2D eigenvalue weighted by Crippen LogP contribution is -2.49. The van der Waals surface area contributed by atoms with E-state index in [4.69, 9.17) is 4.74 Å². The molecule has 0 aromatic heterocycles. The summed E-state index contributed by atoms with van der Waals surface area (Å²) in [5.41, 5.74) is 0.329. The van der Waals surface area contributed by atoms with Gasteiger partial charge in [-0.15, -0.1) is 0 Å². The van der Waals surface area contributed by atoms with E-state index in [1.807, 2.05) is 0 Å². The summed E-state index contributed by atoms with van der Waals surface area (Å²) in [6.45, 7) is 3.54. The van der Waals surface area contributed by atoms with Crippen molar-refractivity contribution >= 4 is 0 Å². The molecule has 1 saturated carbocycles. The average Bonchev–Trinajstić information content (AvgIpc) is 2.30. The molecule has 0 bridgehead atoms. The molecule has 1 aliphatic carbocycles. The van der Waals surface area contributed by atoms with Gasteiger partial charge in [0.2, 0.25) is 0 Å². The standard InChI is InChI=1S/C11H19NO/c1-12-6-4-11(5-7-12)10-3-2-9(10)8-13-11/h9-10H,2-8H2,1H3. The second-order valence-electron chi connectivity index (χ2n) is 5.12. The van der Waals surface area contributed by atoms with Crippen LogP contribution in [-0.2, 0) is 4.74 Å².